The summed E-state index contributed by atoms with van der Waals surface area (Å²) in [5.41, 5.74) is 2.62. The highest BCUT2D eigenvalue weighted by Crippen LogP contribution is 2.48. The molecular formula is C19H16N2O4S. The summed E-state index contributed by atoms with van der Waals surface area (Å²) >= 11 is 1.60. The minimum atomic E-state index is -0.523. The Hall–Kier alpha value is -2.80. The number of ether oxygens (including phenoxy) is 1. The first-order valence-electron chi connectivity index (χ1n) is 8.12. The molecule has 6 nitrogen and oxygen atoms in total. The smallest absolute Gasteiger partial charge is 0.337 e. The van der Waals surface area contributed by atoms with Gasteiger partial charge in [-0.2, -0.15) is 0 Å². The maximum absolute atomic E-state index is 12.7. The number of carbonyl (C=O) groups is 3. The van der Waals surface area contributed by atoms with Gasteiger partial charge in [0, 0.05) is 17.0 Å². The Morgan fingerprint density at radius 3 is 2.62 bits per heavy atom. The molecule has 132 valence electrons. The molecule has 1 saturated heterocycles. The number of fused-ring (bicyclic) bond motifs is 3. The summed E-state index contributed by atoms with van der Waals surface area (Å²) in [4.78, 5) is 38.5. The van der Waals surface area contributed by atoms with Gasteiger partial charge in [0.25, 0.3) is 5.91 Å². The molecule has 0 aromatic heterocycles. The largest absolute Gasteiger partial charge is 0.465 e. The van der Waals surface area contributed by atoms with Gasteiger partial charge in [-0.15, -0.1) is 11.8 Å². The predicted octanol–water partition coefficient (Wildman–Crippen LogP) is 2.68. The standard InChI is InChI=1S/C19H16N2O4S/c1-25-19(24)11-6-8-12(9-7-11)20-16(22)15-10-26-18-14-5-3-2-4-13(14)17(23)21(15)18/h2-9,15,18H,10H2,1H3,(H,20,22). The molecule has 0 saturated carbocycles. The maximum Gasteiger partial charge on any atom is 0.337 e. The number of amides is 2. The average molecular weight is 368 g/mol. The number of thioether (sulfide) groups is 1. The normalized spacial score (nSPS) is 20.5. The monoisotopic (exact) mass is 368 g/mol. The van der Waals surface area contributed by atoms with Crippen molar-refractivity contribution in [3.63, 3.8) is 0 Å². The van der Waals surface area contributed by atoms with Crippen molar-refractivity contribution in [1.82, 2.24) is 4.90 Å². The minimum absolute atomic E-state index is 0.100. The van der Waals surface area contributed by atoms with Gasteiger partial charge in [-0.1, -0.05) is 18.2 Å². The van der Waals surface area contributed by atoms with E-state index in [1.807, 2.05) is 18.2 Å². The van der Waals surface area contributed by atoms with E-state index in [-0.39, 0.29) is 17.2 Å². The predicted molar refractivity (Wildman–Crippen MR) is 98.0 cm³/mol. The topological polar surface area (TPSA) is 75.7 Å². The highest BCUT2D eigenvalue weighted by atomic mass is 32.2. The summed E-state index contributed by atoms with van der Waals surface area (Å²) in [5, 5.41) is 2.73. The zero-order valence-electron chi connectivity index (χ0n) is 14.0. The fraction of sp³-hybridized carbons (Fsp3) is 0.211. The first-order chi connectivity index (χ1) is 12.6. The van der Waals surface area contributed by atoms with Gasteiger partial charge in [-0.3, -0.25) is 9.59 Å². The second kappa shape index (κ2) is 6.49. The number of hydrogen-bond acceptors (Lipinski definition) is 5. The molecule has 0 spiro atoms. The van der Waals surface area contributed by atoms with E-state index in [1.165, 1.54) is 7.11 Å². The van der Waals surface area contributed by atoms with E-state index in [9.17, 15) is 14.4 Å². The Bertz CT molecular complexity index is 897. The van der Waals surface area contributed by atoms with E-state index in [2.05, 4.69) is 10.1 Å². The Morgan fingerprint density at radius 1 is 1.15 bits per heavy atom. The molecule has 2 amide bonds. The molecular weight excluding hydrogens is 352 g/mol. The fourth-order valence-corrected chi connectivity index (χ4v) is 4.74. The van der Waals surface area contributed by atoms with Crippen molar-refractivity contribution < 1.29 is 19.1 Å². The molecule has 4 rings (SSSR count). The molecule has 2 aromatic carbocycles. The van der Waals surface area contributed by atoms with Crippen molar-refractivity contribution >= 4 is 35.2 Å². The highest BCUT2D eigenvalue weighted by molar-refractivity contribution is 7.99. The molecule has 1 N–H and O–H groups in total. The lowest BCUT2D eigenvalue weighted by Crippen LogP contribution is -2.42. The number of benzene rings is 2. The van der Waals surface area contributed by atoms with E-state index in [4.69, 9.17) is 0 Å². The average Bonchev–Trinajstić information content (AvgIpc) is 3.22. The second-order valence-electron chi connectivity index (χ2n) is 6.06. The number of nitrogens with zero attached hydrogens (tertiary/aromatic N) is 1. The highest BCUT2D eigenvalue weighted by Gasteiger charge is 2.48. The number of methoxy groups -OCH3 is 1. The fourth-order valence-electron chi connectivity index (χ4n) is 3.28. The van der Waals surface area contributed by atoms with Crippen LogP contribution < -0.4 is 5.32 Å². The molecule has 2 heterocycles. The SMILES string of the molecule is COC(=O)c1ccc(NC(=O)C2CSC3c4ccccc4C(=O)N23)cc1. The molecule has 2 aromatic rings. The third kappa shape index (κ3) is 2.64. The Balaban J connectivity index is 1.50. The lowest BCUT2D eigenvalue weighted by Gasteiger charge is -2.22. The first-order valence-corrected chi connectivity index (χ1v) is 9.17. The van der Waals surface area contributed by atoms with Crippen LogP contribution in [0.3, 0.4) is 0 Å². The molecule has 2 aliphatic heterocycles. The zero-order valence-corrected chi connectivity index (χ0v) is 14.8. The Morgan fingerprint density at radius 2 is 1.88 bits per heavy atom. The van der Waals surface area contributed by atoms with Crippen molar-refractivity contribution in [3.05, 3.63) is 65.2 Å². The van der Waals surface area contributed by atoms with Crippen LogP contribution in [0.2, 0.25) is 0 Å². The number of rotatable bonds is 3. The summed E-state index contributed by atoms with van der Waals surface area (Å²) in [6, 6.07) is 13.4. The lowest BCUT2D eigenvalue weighted by atomic mass is 10.1. The molecule has 2 unspecified atom stereocenters. The van der Waals surface area contributed by atoms with Gasteiger partial charge in [0.1, 0.15) is 11.4 Å². The molecule has 7 heteroatoms. The number of carbonyl (C=O) groups excluding carboxylic acids is 3. The van der Waals surface area contributed by atoms with Crippen LogP contribution in [0.15, 0.2) is 48.5 Å². The van der Waals surface area contributed by atoms with Crippen LogP contribution in [0, 0.1) is 0 Å². The van der Waals surface area contributed by atoms with Crippen molar-refractivity contribution in [3.8, 4) is 0 Å². The van der Waals surface area contributed by atoms with Gasteiger partial charge in [0.15, 0.2) is 0 Å². The van der Waals surface area contributed by atoms with E-state index < -0.39 is 12.0 Å². The van der Waals surface area contributed by atoms with Crippen LogP contribution in [0.5, 0.6) is 0 Å². The summed E-state index contributed by atoms with van der Waals surface area (Å²) in [6.45, 7) is 0. The molecule has 0 radical (unpaired) electrons. The number of hydrogen-bond donors (Lipinski definition) is 1. The van der Waals surface area contributed by atoms with Crippen LogP contribution in [0.25, 0.3) is 0 Å². The Labute approximate surface area is 154 Å². The quantitative estimate of drug-likeness (QED) is 0.843. The maximum atomic E-state index is 12.7. The first kappa shape index (κ1) is 16.7. The van der Waals surface area contributed by atoms with Gasteiger partial charge in [0.05, 0.1) is 12.7 Å². The summed E-state index contributed by atoms with van der Waals surface area (Å²) in [7, 11) is 1.32. The van der Waals surface area contributed by atoms with Crippen molar-refractivity contribution in [2.75, 3.05) is 18.2 Å². The summed E-state index contributed by atoms with van der Waals surface area (Å²) < 4.78 is 4.66. The van der Waals surface area contributed by atoms with Crippen LogP contribution in [-0.4, -0.2) is 41.6 Å². The number of nitrogens with one attached hydrogen (secondary N) is 1. The van der Waals surface area contributed by atoms with Crippen molar-refractivity contribution in [2.24, 2.45) is 0 Å². The van der Waals surface area contributed by atoms with Crippen LogP contribution in [0.1, 0.15) is 31.7 Å². The Kier molecular flexibility index (Phi) is 4.16. The molecule has 0 aliphatic carbocycles. The third-order valence-electron chi connectivity index (χ3n) is 4.57. The van der Waals surface area contributed by atoms with Gasteiger partial charge < -0.3 is 15.0 Å². The summed E-state index contributed by atoms with van der Waals surface area (Å²) in [6.07, 6.45) is 0. The molecule has 26 heavy (non-hydrogen) atoms. The van der Waals surface area contributed by atoms with Gasteiger partial charge in [-0.25, -0.2) is 4.79 Å². The van der Waals surface area contributed by atoms with E-state index in [1.54, 1.807) is 47.0 Å². The molecule has 0 bridgehead atoms. The van der Waals surface area contributed by atoms with Crippen molar-refractivity contribution in [1.29, 1.82) is 0 Å². The van der Waals surface area contributed by atoms with Gasteiger partial charge >= 0.3 is 5.97 Å². The van der Waals surface area contributed by atoms with Crippen LogP contribution in [0.4, 0.5) is 5.69 Å². The molecule has 2 aliphatic rings. The van der Waals surface area contributed by atoms with E-state index >= 15 is 0 Å². The van der Waals surface area contributed by atoms with Crippen LogP contribution >= 0.6 is 11.8 Å². The number of esters is 1. The summed E-state index contributed by atoms with van der Waals surface area (Å²) in [5.74, 6) is -0.210. The molecule has 2 atom stereocenters. The van der Waals surface area contributed by atoms with Crippen molar-refractivity contribution in [2.45, 2.75) is 11.4 Å². The van der Waals surface area contributed by atoms with E-state index in [0.29, 0.717) is 22.6 Å². The van der Waals surface area contributed by atoms with Gasteiger partial charge in [0.2, 0.25) is 5.91 Å². The van der Waals surface area contributed by atoms with E-state index in [0.717, 1.165) is 5.56 Å². The van der Waals surface area contributed by atoms with Crippen LogP contribution in [-0.2, 0) is 9.53 Å². The third-order valence-corrected chi connectivity index (χ3v) is 5.87. The molecule has 1 fully saturated rings. The minimum Gasteiger partial charge on any atom is -0.465 e. The second-order valence-corrected chi connectivity index (χ2v) is 7.17. The number of anilines is 1. The lowest BCUT2D eigenvalue weighted by molar-refractivity contribution is -0.119. The van der Waals surface area contributed by atoms with Gasteiger partial charge in [-0.05, 0) is 35.9 Å². The zero-order chi connectivity index (χ0) is 18.3.